The van der Waals surface area contributed by atoms with E-state index in [-0.39, 0.29) is 0 Å². The van der Waals surface area contributed by atoms with Gasteiger partial charge in [0.2, 0.25) is 0 Å². The van der Waals surface area contributed by atoms with E-state index in [0.29, 0.717) is 5.92 Å². The summed E-state index contributed by atoms with van der Waals surface area (Å²) in [6.07, 6.45) is 2.62. The van der Waals surface area contributed by atoms with Crippen LogP contribution in [0.3, 0.4) is 0 Å². The fourth-order valence-electron chi connectivity index (χ4n) is 1.59. The van der Waals surface area contributed by atoms with Gasteiger partial charge in [-0.05, 0) is 18.8 Å². The highest BCUT2D eigenvalue weighted by atomic mass is 32.1. The van der Waals surface area contributed by atoms with E-state index in [9.17, 15) is 0 Å². The minimum absolute atomic E-state index is 0.536. The van der Waals surface area contributed by atoms with E-state index >= 15 is 0 Å². The van der Waals surface area contributed by atoms with Gasteiger partial charge < -0.3 is 4.90 Å². The molecule has 0 spiro atoms. The topological polar surface area (TPSA) is 3.24 Å². The molecule has 2 heteroatoms. The second kappa shape index (κ2) is 4.22. The average Bonchev–Trinajstić information content (AvgIpc) is 2.04. The fourth-order valence-corrected chi connectivity index (χ4v) is 1.78. The first kappa shape index (κ1) is 9.97. The molecule has 0 saturated carbocycles. The number of thiocarbonyl (C=S) groups is 1. The molecule has 1 rings (SSSR count). The summed E-state index contributed by atoms with van der Waals surface area (Å²) in [5.74, 6) is 1.43. The standard InChI is InChI=1S/C10H19NS/c1-8(2)10(12)11-6-4-9(3)5-7-11/h8-9H,4-7H2,1-3H3. The summed E-state index contributed by atoms with van der Waals surface area (Å²) < 4.78 is 0. The molecule has 0 radical (unpaired) electrons. The summed E-state index contributed by atoms with van der Waals surface area (Å²) in [4.78, 5) is 3.53. The van der Waals surface area contributed by atoms with Gasteiger partial charge in [-0.2, -0.15) is 0 Å². The Kier molecular flexibility index (Phi) is 3.51. The maximum absolute atomic E-state index is 5.36. The van der Waals surface area contributed by atoms with Crippen LogP contribution in [-0.4, -0.2) is 23.0 Å². The molecular weight excluding hydrogens is 166 g/mol. The molecule has 12 heavy (non-hydrogen) atoms. The van der Waals surface area contributed by atoms with E-state index in [1.54, 1.807) is 0 Å². The Labute approximate surface area is 81.1 Å². The third kappa shape index (κ3) is 2.44. The Morgan fingerprint density at radius 1 is 1.33 bits per heavy atom. The Bertz CT molecular complexity index is 157. The SMILES string of the molecule is CC1CCN(C(=S)C(C)C)CC1. The lowest BCUT2D eigenvalue weighted by Crippen LogP contribution is -2.39. The number of hydrogen-bond donors (Lipinski definition) is 0. The van der Waals surface area contributed by atoms with Crippen LogP contribution < -0.4 is 0 Å². The first-order chi connectivity index (χ1) is 5.61. The van der Waals surface area contributed by atoms with Crippen molar-refractivity contribution in [1.29, 1.82) is 0 Å². The molecule has 1 heterocycles. The minimum Gasteiger partial charge on any atom is -0.366 e. The summed E-state index contributed by atoms with van der Waals surface area (Å²) in [6.45, 7) is 9.05. The van der Waals surface area contributed by atoms with E-state index < -0.39 is 0 Å². The molecule has 0 bridgehead atoms. The van der Waals surface area contributed by atoms with Crippen molar-refractivity contribution >= 4 is 17.2 Å². The van der Waals surface area contributed by atoms with E-state index in [1.807, 2.05) is 0 Å². The zero-order valence-electron chi connectivity index (χ0n) is 8.34. The van der Waals surface area contributed by atoms with Crippen LogP contribution in [0.1, 0.15) is 33.6 Å². The normalized spacial score (nSPS) is 20.2. The van der Waals surface area contributed by atoms with Gasteiger partial charge in [0.15, 0.2) is 0 Å². The lowest BCUT2D eigenvalue weighted by Gasteiger charge is -2.33. The fraction of sp³-hybridized carbons (Fsp3) is 0.900. The largest absolute Gasteiger partial charge is 0.366 e. The monoisotopic (exact) mass is 185 g/mol. The molecule has 0 aromatic heterocycles. The zero-order chi connectivity index (χ0) is 9.14. The number of rotatable bonds is 1. The molecule has 1 nitrogen and oxygen atoms in total. The quantitative estimate of drug-likeness (QED) is 0.578. The Hall–Kier alpha value is -0.110. The van der Waals surface area contributed by atoms with Crippen LogP contribution in [0.25, 0.3) is 0 Å². The Morgan fingerprint density at radius 2 is 1.83 bits per heavy atom. The Balaban J connectivity index is 2.39. The van der Waals surface area contributed by atoms with Gasteiger partial charge in [-0.1, -0.05) is 33.0 Å². The van der Waals surface area contributed by atoms with Crippen LogP contribution >= 0.6 is 12.2 Å². The molecule has 0 atom stereocenters. The number of piperidine rings is 1. The van der Waals surface area contributed by atoms with E-state index in [2.05, 4.69) is 25.7 Å². The van der Waals surface area contributed by atoms with Gasteiger partial charge in [0.1, 0.15) is 0 Å². The van der Waals surface area contributed by atoms with Crippen molar-refractivity contribution in [2.24, 2.45) is 11.8 Å². The lowest BCUT2D eigenvalue weighted by molar-refractivity contribution is 0.276. The molecule has 1 saturated heterocycles. The van der Waals surface area contributed by atoms with E-state index in [0.717, 1.165) is 10.9 Å². The molecule has 0 N–H and O–H groups in total. The van der Waals surface area contributed by atoms with Crippen LogP contribution in [0, 0.1) is 11.8 Å². The first-order valence-corrected chi connectivity index (χ1v) is 5.31. The second-order valence-corrected chi connectivity index (χ2v) is 4.58. The highest BCUT2D eigenvalue weighted by molar-refractivity contribution is 7.80. The molecule has 0 aliphatic carbocycles. The number of hydrogen-bond acceptors (Lipinski definition) is 1. The molecule has 1 fully saturated rings. The maximum Gasteiger partial charge on any atom is 0.0805 e. The molecule has 0 unspecified atom stereocenters. The van der Waals surface area contributed by atoms with Gasteiger partial charge in [0.25, 0.3) is 0 Å². The molecule has 1 aliphatic heterocycles. The number of likely N-dealkylation sites (tertiary alicyclic amines) is 1. The van der Waals surface area contributed by atoms with Crippen LogP contribution in [0.5, 0.6) is 0 Å². The van der Waals surface area contributed by atoms with Crippen molar-refractivity contribution < 1.29 is 0 Å². The maximum atomic E-state index is 5.36. The summed E-state index contributed by atoms with van der Waals surface area (Å²) in [6, 6.07) is 0. The molecule has 0 amide bonds. The van der Waals surface area contributed by atoms with Gasteiger partial charge in [-0.25, -0.2) is 0 Å². The highest BCUT2D eigenvalue weighted by Gasteiger charge is 2.18. The molecule has 70 valence electrons. The van der Waals surface area contributed by atoms with Gasteiger partial charge in [0, 0.05) is 19.0 Å². The average molecular weight is 185 g/mol. The van der Waals surface area contributed by atoms with Crippen molar-refractivity contribution in [2.75, 3.05) is 13.1 Å². The molecule has 1 aliphatic rings. The van der Waals surface area contributed by atoms with Crippen molar-refractivity contribution in [3.05, 3.63) is 0 Å². The molecule has 0 aromatic rings. The zero-order valence-corrected chi connectivity index (χ0v) is 9.16. The summed E-state index contributed by atoms with van der Waals surface area (Å²) in [7, 11) is 0. The smallest absolute Gasteiger partial charge is 0.0805 e. The predicted octanol–water partition coefficient (Wildman–Crippen LogP) is 2.70. The van der Waals surface area contributed by atoms with Crippen molar-refractivity contribution in [3.63, 3.8) is 0 Å². The van der Waals surface area contributed by atoms with Gasteiger partial charge >= 0.3 is 0 Å². The van der Waals surface area contributed by atoms with Gasteiger partial charge in [-0.3, -0.25) is 0 Å². The van der Waals surface area contributed by atoms with Crippen LogP contribution in [-0.2, 0) is 0 Å². The molecular formula is C10H19NS. The first-order valence-electron chi connectivity index (χ1n) is 4.90. The highest BCUT2D eigenvalue weighted by Crippen LogP contribution is 2.18. The predicted molar refractivity (Wildman–Crippen MR) is 57.4 cm³/mol. The molecule has 0 aromatic carbocycles. The lowest BCUT2D eigenvalue weighted by atomic mass is 9.98. The van der Waals surface area contributed by atoms with Gasteiger partial charge in [0.05, 0.1) is 4.99 Å². The van der Waals surface area contributed by atoms with E-state index in [4.69, 9.17) is 12.2 Å². The summed E-state index contributed by atoms with van der Waals surface area (Å²) in [5, 5.41) is 0. The number of nitrogens with zero attached hydrogens (tertiary/aromatic N) is 1. The van der Waals surface area contributed by atoms with E-state index in [1.165, 1.54) is 25.9 Å². The van der Waals surface area contributed by atoms with Crippen molar-refractivity contribution in [2.45, 2.75) is 33.6 Å². The van der Waals surface area contributed by atoms with Crippen molar-refractivity contribution in [1.82, 2.24) is 4.90 Å². The van der Waals surface area contributed by atoms with Crippen molar-refractivity contribution in [3.8, 4) is 0 Å². The minimum atomic E-state index is 0.536. The summed E-state index contributed by atoms with van der Waals surface area (Å²) >= 11 is 5.36. The van der Waals surface area contributed by atoms with Gasteiger partial charge in [-0.15, -0.1) is 0 Å². The summed E-state index contributed by atoms with van der Waals surface area (Å²) in [5.41, 5.74) is 0. The third-order valence-electron chi connectivity index (χ3n) is 2.59. The van der Waals surface area contributed by atoms with Crippen LogP contribution in [0.2, 0.25) is 0 Å². The second-order valence-electron chi connectivity index (χ2n) is 4.16. The third-order valence-corrected chi connectivity index (χ3v) is 3.32. The Morgan fingerprint density at radius 3 is 2.25 bits per heavy atom. The van der Waals surface area contributed by atoms with Crippen LogP contribution in [0.15, 0.2) is 0 Å². The van der Waals surface area contributed by atoms with Crippen LogP contribution in [0.4, 0.5) is 0 Å².